The van der Waals surface area contributed by atoms with Crippen molar-refractivity contribution in [2.24, 2.45) is 0 Å². The Bertz CT molecular complexity index is 760. The van der Waals surface area contributed by atoms with Gasteiger partial charge in [0.15, 0.2) is 0 Å². The Balaban J connectivity index is 2.10. The highest BCUT2D eigenvalue weighted by molar-refractivity contribution is 9.10. The molecule has 96 valence electrons. The molecule has 0 aliphatic carbocycles. The van der Waals surface area contributed by atoms with E-state index in [2.05, 4.69) is 31.2 Å². The van der Waals surface area contributed by atoms with Crippen molar-refractivity contribution >= 4 is 72.2 Å². The molecule has 0 spiro atoms. The first-order valence-electron chi connectivity index (χ1n) is 5.26. The first kappa shape index (κ1) is 13.1. The predicted octanol–water partition coefficient (Wildman–Crippen LogP) is 5.50. The van der Waals surface area contributed by atoms with Crippen molar-refractivity contribution in [1.82, 2.24) is 9.97 Å². The molecule has 0 aliphatic heterocycles. The lowest BCUT2D eigenvalue weighted by Crippen LogP contribution is -1.96. The molecular formula is C12H6BrCl2N3S. The number of nitrogens with one attached hydrogen (secondary N) is 1. The molecular weight excluding hydrogens is 369 g/mol. The summed E-state index contributed by atoms with van der Waals surface area (Å²) < 4.78 is 0.932. The topological polar surface area (TPSA) is 37.8 Å². The second-order valence-corrected chi connectivity index (χ2v) is 6.29. The lowest BCUT2D eigenvalue weighted by atomic mass is 10.3. The normalized spacial score (nSPS) is 10.9. The molecule has 19 heavy (non-hydrogen) atoms. The summed E-state index contributed by atoms with van der Waals surface area (Å²) in [5.41, 5.74) is 0.762. The number of halogens is 3. The Kier molecular flexibility index (Phi) is 3.62. The van der Waals surface area contributed by atoms with E-state index in [9.17, 15) is 0 Å². The maximum Gasteiger partial charge on any atom is 0.225 e. The summed E-state index contributed by atoms with van der Waals surface area (Å²) in [5, 5.41) is 6.89. The summed E-state index contributed by atoms with van der Waals surface area (Å²) >= 11 is 17.0. The van der Waals surface area contributed by atoms with Crippen molar-refractivity contribution in [3.63, 3.8) is 0 Å². The quantitative estimate of drug-likeness (QED) is 0.601. The monoisotopic (exact) mass is 373 g/mol. The van der Waals surface area contributed by atoms with Crippen LogP contribution < -0.4 is 5.32 Å². The van der Waals surface area contributed by atoms with Crippen LogP contribution in [0.3, 0.4) is 0 Å². The highest BCUT2D eigenvalue weighted by Crippen LogP contribution is 2.32. The van der Waals surface area contributed by atoms with E-state index in [-0.39, 0.29) is 5.28 Å². The summed E-state index contributed by atoms with van der Waals surface area (Å²) in [5.74, 6) is 0.649. The van der Waals surface area contributed by atoms with Gasteiger partial charge >= 0.3 is 0 Å². The van der Waals surface area contributed by atoms with Gasteiger partial charge in [-0.25, -0.2) is 4.98 Å². The molecule has 7 heteroatoms. The second kappa shape index (κ2) is 5.25. The van der Waals surface area contributed by atoms with Crippen LogP contribution in [-0.2, 0) is 0 Å². The number of thiophene rings is 1. The molecule has 0 saturated heterocycles. The zero-order valence-corrected chi connectivity index (χ0v) is 13.2. The number of anilines is 2. The fraction of sp³-hybridized carbons (Fsp3) is 0. The lowest BCUT2D eigenvalue weighted by molar-refractivity contribution is 1.23. The van der Waals surface area contributed by atoms with E-state index in [4.69, 9.17) is 23.2 Å². The molecule has 0 saturated carbocycles. The number of rotatable bonds is 2. The third kappa shape index (κ3) is 2.69. The number of hydrogen-bond donors (Lipinski definition) is 1. The summed E-state index contributed by atoms with van der Waals surface area (Å²) in [4.78, 5) is 9.23. The first-order chi connectivity index (χ1) is 9.13. The number of fused-ring (bicyclic) bond motifs is 1. The van der Waals surface area contributed by atoms with E-state index in [0.29, 0.717) is 10.8 Å². The minimum absolute atomic E-state index is 0.212. The van der Waals surface area contributed by atoms with Crippen molar-refractivity contribution in [3.8, 4) is 0 Å². The molecule has 2 aromatic heterocycles. The van der Waals surface area contributed by atoms with Crippen molar-refractivity contribution in [3.05, 3.63) is 44.4 Å². The van der Waals surface area contributed by atoms with E-state index < -0.39 is 0 Å². The van der Waals surface area contributed by atoms with Gasteiger partial charge in [0.2, 0.25) is 5.28 Å². The molecule has 0 atom stereocenters. The van der Waals surface area contributed by atoms with E-state index in [0.717, 1.165) is 20.4 Å². The summed E-state index contributed by atoms with van der Waals surface area (Å²) in [6, 6.07) is 7.52. The van der Waals surface area contributed by atoms with Gasteiger partial charge in [0, 0.05) is 4.47 Å². The molecule has 0 aliphatic rings. The van der Waals surface area contributed by atoms with Crippen LogP contribution in [0.5, 0.6) is 0 Å². The maximum absolute atomic E-state index is 6.15. The van der Waals surface area contributed by atoms with Gasteiger partial charge in [-0.3, -0.25) is 0 Å². The number of benzene rings is 1. The van der Waals surface area contributed by atoms with Crippen LogP contribution in [0, 0.1) is 0 Å². The second-order valence-electron chi connectivity index (χ2n) is 3.73. The van der Waals surface area contributed by atoms with Gasteiger partial charge in [0.1, 0.15) is 10.6 Å². The Morgan fingerprint density at radius 2 is 2.00 bits per heavy atom. The molecule has 0 fully saturated rings. The minimum atomic E-state index is 0.212. The molecule has 3 aromatic rings. The van der Waals surface area contributed by atoms with Gasteiger partial charge in [-0.2, -0.15) is 4.98 Å². The van der Waals surface area contributed by atoms with Crippen LogP contribution in [0.2, 0.25) is 10.3 Å². The van der Waals surface area contributed by atoms with Gasteiger partial charge < -0.3 is 5.32 Å². The van der Waals surface area contributed by atoms with Crippen molar-refractivity contribution in [2.45, 2.75) is 0 Å². The number of nitrogens with zero attached hydrogens (tertiary/aromatic N) is 2. The highest BCUT2D eigenvalue weighted by atomic mass is 79.9. The molecule has 1 N–H and O–H groups in total. The number of hydrogen-bond acceptors (Lipinski definition) is 4. The third-order valence-corrected chi connectivity index (χ3v) is 4.28. The average molecular weight is 375 g/mol. The van der Waals surface area contributed by atoms with Crippen LogP contribution in [0.15, 0.2) is 34.1 Å². The van der Waals surface area contributed by atoms with Crippen molar-refractivity contribution in [2.75, 3.05) is 5.32 Å². The smallest absolute Gasteiger partial charge is 0.225 e. The zero-order chi connectivity index (χ0) is 13.4. The molecule has 2 heterocycles. The fourth-order valence-electron chi connectivity index (χ4n) is 1.65. The lowest BCUT2D eigenvalue weighted by Gasteiger charge is -2.09. The van der Waals surface area contributed by atoms with Crippen LogP contribution in [0.25, 0.3) is 10.2 Å². The summed E-state index contributed by atoms with van der Waals surface area (Å²) in [7, 11) is 0. The van der Waals surface area contributed by atoms with Gasteiger partial charge in [-0.05, 0) is 41.2 Å². The standard InChI is InChI=1S/C12H6BrCl2N3S/c13-6-1-2-8(14)9(5-6)16-10-7-3-4-19-11(7)18-12(15)17-10/h1-5H,(H,16,17,18). The van der Waals surface area contributed by atoms with Crippen molar-refractivity contribution < 1.29 is 0 Å². The van der Waals surface area contributed by atoms with Crippen LogP contribution >= 0.6 is 50.5 Å². The molecule has 1 aromatic carbocycles. The van der Waals surface area contributed by atoms with E-state index in [1.807, 2.05) is 29.6 Å². The largest absolute Gasteiger partial charge is 0.338 e. The fourth-order valence-corrected chi connectivity index (χ4v) is 3.15. The molecule has 3 nitrogen and oxygen atoms in total. The van der Waals surface area contributed by atoms with Gasteiger partial charge in [0.25, 0.3) is 0 Å². The van der Waals surface area contributed by atoms with Gasteiger partial charge in [-0.15, -0.1) is 11.3 Å². The Morgan fingerprint density at radius 1 is 1.16 bits per heavy atom. The molecule has 0 bridgehead atoms. The summed E-state index contributed by atoms with van der Waals surface area (Å²) in [6.45, 7) is 0. The molecule has 3 rings (SSSR count). The maximum atomic E-state index is 6.15. The van der Waals surface area contributed by atoms with Gasteiger partial charge in [0.05, 0.1) is 16.1 Å². The third-order valence-electron chi connectivity index (χ3n) is 2.48. The van der Waals surface area contributed by atoms with Crippen molar-refractivity contribution in [1.29, 1.82) is 0 Å². The SMILES string of the molecule is Clc1nc(Nc2cc(Br)ccc2Cl)c2ccsc2n1. The Labute approximate surface area is 131 Å². The molecule has 0 unspecified atom stereocenters. The van der Waals surface area contributed by atoms with E-state index in [1.54, 1.807) is 0 Å². The van der Waals surface area contributed by atoms with Crippen LogP contribution in [-0.4, -0.2) is 9.97 Å². The minimum Gasteiger partial charge on any atom is -0.338 e. The van der Waals surface area contributed by atoms with E-state index in [1.165, 1.54) is 11.3 Å². The first-order valence-corrected chi connectivity index (χ1v) is 7.69. The van der Waals surface area contributed by atoms with Crippen LogP contribution in [0.4, 0.5) is 11.5 Å². The van der Waals surface area contributed by atoms with Gasteiger partial charge in [-0.1, -0.05) is 27.5 Å². The average Bonchev–Trinajstić information content (AvgIpc) is 2.82. The predicted molar refractivity (Wildman–Crippen MR) is 84.9 cm³/mol. The number of aromatic nitrogens is 2. The van der Waals surface area contributed by atoms with Crippen LogP contribution in [0.1, 0.15) is 0 Å². The van der Waals surface area contributed by atoms with E-state index >= 15 is 0 Å². The molecule has 0 radical (unpaired) electrons. The zero-order valence-electron chi connectivity index (χ0n) is 9.32. The highest BCUT2D eigenvalue weighted by Gasteiger charge is 2.10. The summed E-state index contributed by atoms with van der Waals surface area (Å²) in [6.07, 6.45) is 0. The molecule has 0 amide bonds. The Morgan fingerprint density at radius 3 is 2.84 bits per heavy atom. The Hall–Kier alpha value is -0.880.